The van der Waals surface area contributed by atoms with E-state index in [2.05, 4.69) is 0 Å². The fourth-order valence-electron chi connectivity index (χ4n) is 0.164. The molecule has 0 unspecified atom stereocenters. The van der Waals surface area contributed by atoms with Gasteiger partial charge in [-0.05, 0) is 13.0 Å². The molecule has 0 aliphatic carbocycles. The molecular formula is C5H6F4O2. The second-order valence-corrected chi connectivity index (χ2v) is 1.24. The van der Waals surface area contributed by atoms with Gasteiger partial charge in [0, 0.05) is 0 Å². The summed E-state index contributed by atoms with van der Waals surface area (Å²) < 4.78 is 44.4. The van der Waals surface area contributed by atoms with Crippen LogP contribution in [0.4, 0.5) is 17.6 Å². The Morgan fingerprint density at radius 3 is 1.73 bits per heavy atom. The average molecular weight is 174 g/mol. The van der Waals surface area contributed by atoms with E-state index in [4.69, 9.17) is 9.90 Å². The molecule has 0 amide bonds. The lowest BCUT2D eigenvalue weighted by Gasteiger charge is -1.99. The third kappa shape index (κ3) is 8.93. The van der Waals surface area contributed by atoms with Crippen LogP contribution in [0.3, 0.4) is 0 Å². The quantitative estimate of drug-likeness (QED) is 0.451. The van der Waals surface area contributed by atoms with Crippen molar-refractivity contribution in [3.05, 3.63) is 11.9 Å². The minimum atomic E-state index is -4.80. The molecule has 11 heavy (non-hydrogen) atoms. The molecule has 0 aliphatic rings. The van der Waals surface area contributed by atoms with Crippen LogP contribution in [0, 0.1) is 0 Å². The van der Waals surface area contributed by atoms with Crippen molar-refractivity contribution in [2.24, 2.45) is 0 Å². The van der Waals surface area contributed by atoms with Gasteiger partial charge in [0.1, 0.15) is 0 Å². The van der Waals surface area contributed by atoms with Gasteiger partial charge in [0.25, 0.3) is 6.47 Å². The van der Waals surface area contributed by atoms with Crippen LogP contribution in [0.15, 0.2) is 11.9 Å². The smallest absolute Gasteiger partial charge is 0.442 e. The Hall–Kier alpha value is -1.07. The summed E-state index contributed by atoms with van der Waals surface area (Å²) in [7, 11) is 0. The van der Waals surface area contributed by atoms with Crippen molar-refractivity contribution in [2.45, 2.75) is 13.1 Å². The fraction of sp³-hybridized carbons (Fsp3) is 0.400. The predicted molar refractivity (Wildman–Crippen MR) is 29.6 cm³/mol. The van der Waals surface area contributed by atoms with E-state index in [9.17, 15) is 17.6 Å². The van der Waals surface area contributed by atoms with Gasteiger partial charge in [0.15, 0.2) is 5.83 Å². The van der Waals surface area contributed by atoms with E-state index in [1.54, 1.807) is 0 Å². The van der Waals surface area contributed by atoms with Crippen molar-refractivity contribution < 1.29 is 27.5 Å². The minimum Gasteiger partial charge on any atom is -0.483 e. The maximum absolute atomic E-state index is 11.4. The van der Waals surface area contributed by atoms with Crippen molar-refractivity contribution in [3.63, 3.8) is 0 Å². The van der Waals surface area contributed by atoms with E-state index in [-0.39, 0.29) is 6.47 Å². The van der Waals surface area contributed by atoms with E-state index in [1.165, 1.54) is 0 Å². The normalized spacial score (nSPS) is 11.5. The summed E-state index contributed by atoms with van der Waals surface area (Å²) in [6.07, 6.45) is -4.42. The Bertz CT molecular complexity index is 138. The summed E-state index contributed by atoms with van der Waals surface area (Å²) >= 11 is 0. The zero-order valence-corrected chi connectivity index (χ0v) is 5.52. The second-order valence-electron chi connectivity index (χ2n) is 1.24. The predicted octanol–water partition coefficient (Wildman–Crippen LogP) is 2.12. The lowest BCUT2D eigenvalue weighted by atomic mass is 10.5. The third-order valence-electron chi connectivity index (χ3n) is 0.524. The Labute approximate surface area is 60.1 Å². The van der Waals surface area contributed by atoms with Crippen LogP contribution in [0.25, 0.3) is 0 Å². The lowest BCUT2D eigenvalue weighted by molar-refractivity contribution is -0.122. The SMILES string of the molecule is CC=C(F)C(F)(F)F.O=CO. The first-order chi connectivity index (χ1) is 4.90. The standard InChI is InChI=1S/C4H4F4.CH2O2/c1-2-3(5)4(6,7)8;2-1-3/h2H,1H3;1H,(H,2,3). The van der Waals surface area contributed by atoms with Crippen LogP contribution in [0.1, 0.15) is 6.92 Å². The minimum absolute atomic E-state index is 0.250. The molecule has 0 heterocycles. The number of hydrogen-bond donors (Lipinski definition) is 1. The Morgan fingerprint density at radius 1 is 1.45 bits per heavy atom. The van der Waals surface area contributed by atoms with Gasteiger partial charge in [-0.1, -0.05) is 0 Å². The van der Waals surface area contributed by atoms with Gasteiger partial charge < -0.3 is 5.11 Å². The number of rotatable bonds is 0. The third-order valence-corrected chi connectivity index (χ3v) is 0.524. The van der Waals surface area contributed by atoms with Crippen LogP contribution < -0.4 is 0 Å². The molecule has 0 saturated carbocycles. The van der Waals surface area contributed by atoms with Crippen molar-refractivity contribution in [1.29, 1.82) is 0 Å². The summed E-state index contributed by atoms with van der Waals surface area (Å²) in [5, 5.41) is 6.89. The van der Waals surface area contributed by atoms with Crippen LogP contribution in [-0.4, -0.2) is 17.8 Å². The first-order valence-electron chi connectivity index (χ1n) is 2.37. The highest BCUT2D eigenvalue weighted by Gasteiger charge is 2.33. The summed E-state index contributed by atoms with van der Waals surface area (Å²) in [5.74, 6) is -2.04. The van der Waals surface area contributed by atoms with E-state index < -0.39 is 12.0 Å². The van der Waals surface area contributed by atoms with Crippen LogP contribution in [-0.2, 0) is 4.79 Å². The molecule has 0 atom stereocenters. The zero-order chi connectivity index (χ0) is 9.49. The topological polar surface area (TPSA) is 37.3 Å². The monoisotopic (exact) mass is 174 g/mol. The number of carbonyl (C=O) groups is 1. The molecule has 0 bridgehead atoms. The summed E-state index contributed by atoms with van der Waals surface area (Å²) in [6.45, 7) is 0.739. The van der Waals surface area contributed by atoms with Crippen molar-refractivity contribution in [2.75, 3.05) is 0 Å². The van der Waals surface area contributed by atoms with Gasteiger partial charge in [-0.25, -0.2) is 4.39 Å². The molecule has 0 aromatic heterocycles. The van der Waals surface area contributed by atoms with Crippen molar-refractivity contribution in [3.8, 4) is 0 Å². The average Bonchev–Trinajstić information content (AvgIpc) is 1.86. The Morgan fingerprint density at radius 2 is 1.73 bits per heavy atom. The molecule has 0 spiro atoms. The summed E-state index contributed by atoms with van der Waals surface area (Å²) in [4.78, 5) is 8.36. The number of allylic oxidation sites excluding steroid dienone is 2. The highest BCUT2D eigenvalue weighted by atomic mass is 19.4. The molecule has 0 saturated heterocycles. The molecule has 6 heteroatoms. The number of halogens is 4. The van der Waals surface area contributed by atoms with E-state index in [1.807, 2.05) is 0 Å². The molecule has 0 aromatic rings. The summed E-state index contributed by atoms with van der Waals surface area (Å²) in [5.41, 5.74) is 0. The van der Waals surface area contributed by atoms with E-state index in [0.717, 1.165) is 6.92 Å². The second kappa shape index (κ2) is 5.70. The molecule has 1 N–H and O–H groups in total. The van der Waals surface area contributed by atoms with Gasteiger partial charge in [-0.2, -0.15) is 13.2 Å². The van der Waals surface area contributed by atoms with Gasteiger partial charge in [-0.3, -0.25) is 4.79 Å². The Balaban J connectivity index is 0. The molecular weight excluding hydrogens is 168 g/mol. The molecule has 0 aliphatic heterocycles. The highest BCUT2D eigenvalue weighted by Crippen LogP contribution is 2.25. The number of carboxylic acid groups (broad SMARTS) is 1. The largest absolute Gasteiger partial charge is 0.483 e. The molecule has 0 rings (SSSR count). The molecule has 0 fully saturated rings. The highest BCUT2D eigenvalue weighted by molar-refractivity contribution is 5.32. The molecule has 0 aromatic carbocycles. The van der Waals surface area contributed by atoms with Crippen LogP contribution in [0.2, 0.25) is 0 Å². The van der Waals surface area contributed by atoms with E-state index in [0.29, 0.717) is 6.08 Å². The maximum Gasteiger partial charge on any atom is 0.442 e. The molecule has 66 valence electrons. The fourth-order valence-corrected chi connectivity index (χ4v) is 0.164. The van der Waals surface area contributed by atoms with Crippen molar-refractivity contribution in [1.82, 2.24) is 0 Å². The lowest BCUT2D eigenvalue weighted by Crippen LogP contribution is -2.06. The van der Waals surface area contributed by atoms with Gasteiger partial charge >= 0.3 is 6.18 Å². The van der Waals surface area contributed by atoms with Crippen LogP contribution >= 0.6 is 0 Å². The number of alkyl halides is 3. The molecule has 0 radical (unpaired) electrons. The van der Waals surface area contributed by atoms with Gasteiger partial charge in [-0.15, -0.1) is 0 Å². The first-order valence-corrected chi connectivity index (χ1v) is 2.37. The van der Waals surface area contributed by atoms with Crippen molar-refractivity contribution >= 4 is 6.47 Å². The van der Waals surface area contributed by atoms with Crippen LogP contribution in [0.5, 0.6) is 0 Å². The molecule has 2 nitrogen and oxygen atoms in total. The maximum atomic E-state index is 11.4. The van der Waals surface area contributed by atoms with Gasteiger partial charge in [0.2, 0.25) is 0 Å². The van der Waals surface area contributed by atoms with E-state index >= 15 is 0 Å². The summed E-state index contributed by atoms with van der Waals surface area (Å²) in [6, 6.07) is 0. The zero-order valence-electron chi connectivity index (χ0n) is 5.52. The number of hydrogen-bond acceptors (Lipinski definition) is 1. The van der Waals surface area contributed by atoms with Gasteiger partial charge in [0.05, 0.1) is 0 Å². The Kier molecular flexibility index (Phi) is 6.52. The first kappa shape index (κ1) is 12.6.